The van der Waals surface area contributed by atoms with Crippen molar-refractivity contribution in [3.63, 3.8) is 0 Å². The van der Waals surface area contributed by atoms with Gasteiger partial charge >= 0.3 is 5.97 Å². The van der Waals surface area contributed by atoms with Gasteiger partial charge in [0.25, 0.3) is 0 Å². The molecule has 0 bridgehead atoms. The molecule has 1 N–H and O–H groups in total. The highest BCUT2D eigenvalue weighted by Crippen LogP contribution is 2.30. The quantitative estimate of drug-likeness (QED) is 0.455. The molecule has 0 unspecified atom stereocenters. The van der Waals surface area contributed by atoms with Crippen LogP contribution < -0.4 is 9.47 Å². The van der Waals surface area contributed by atoms with E-state index in [4.69, 9.17) is 14.6 Å². The van der Waals surface area contributed by atoms with E-state index in [0.29, 0.717) is 29.2 Å². The molecule has 5 heteroatoms. The van der Waals surface area contributed by atoms with Crippen LogP contribution in [-0.4, -0.2) is 18.2 Å². The molecule has 3 rings (SSSR count). The second kappa shape index (κ2) is 9.25. The number of nitrogens with zero attached hydrogens (tertiary/aromatic N) is 1. The Hall–Kier alpha value is -4.04. The van der Waals surface area contributed by atoms with Crippen LogP contribution in [0.15, 0.2) is 72.8 Å². The molecule has 0 spiro atoms. The molecule has 3 aromatic carbocycles. The van der Waals surface area contributed by atoms with Gasteiger partial charge in [0, 0.05) is 0 Å². The van der Waals surface area contributed by atoms with Crippen LogP contribution in [0.1, 0.15) is 27.0 Å². The first-order valence-corrected chi connectivity index (χ1v) is 8.91. The molecule has 0 saturated heterocycles. The van der Waals surface area contributed by atoms with Crippen LogP contribution in [0.3, 0.4) is 0 Å². The van der Waals surface area contributed by atoms with Gasteiger partial charge in [-0.2, -0.15) is 5.26 Å². The molecule has 0 aliphatic heterocycles. The van der Waals surface area contributed by atoms with Gasteiger partial charge in [0.2, 0.25) is 0 Å². The summed E-state index contributed by atoms with van der Waals surface area (Å²) in [5, 5.41) is 18.5. The molecular formula is C24H19NO4. The summed E-state index contributed by atoms with van der Waals surface area (Å²) < 4.78 is 11.3. The summed E-state index contributed by atoms with van der Waals surface area (Å²) in [6.45, 7) is 0.422. The van der Waals surface area contributed by atoms with Gasteiger partial charge in [0.1, 0.15) is 6.61 Å². The summed E-state index contributed by atoms with van der Waals surface area (Å²) in [7, 11) is 1.56. The molecule has 0 fully saturated rings. The van der Waals surface area contributed by atoms with Gasteiger partial charge < -0.3 is 14.6 Å². The van der Waals surface area contributed by atoms with E-state index >= 15 is 0 Å². The Labute approximate surface area is 169 Å². The highest BCUT2D eigenvalue weighted by molar-refractivity contribution is 5.92. The number of allylic oxidation sites excluding steroid dienone is 1. The minimum Gasteiger partial charge on any atom is -0.493 e. The average Bonchev–Trinajstić information content (AvgIpc) is 2.77. The molecule has 144 valence electrons. The number of benzene rings is 3. The van der Waals surface area contributed by atoms with Gasteiger partial charge in [-0.15, -0.1) is 0 Å². The van der Waals surface area contributed by atoms with Gasteiger partial charge in [0.15, 0.2) is 11.5 Å². The van der Waals surface area contributed by atoms with Crippen LogP contribution in [0.25, 0.3) is 11.6 Å². The Morgan fingerprint density at radius 1 is 1.00 bits per heavy atom. The molecule has 29 heavy (non-hydrogen) atoms. The Morgan fingerprint density at radius 3 is 2.31 bits per heavy atom. The zero-order valence-corrected chi connectivity index (χ0v) is 15.8. The van der Waals surface area contributed by atoms with E-state index in [-0.39, 0.29) is 5.56 Å². The average molecular weight is 385 g/mol. The Bertz CT molecular complexity index is 1060. The summed E-state index contributed by atoms with van der Waals surface area (Å²) >= 11 is 0. The number of ether oxygens (including phenoxy) is 2. The molecular weight excluding hydrogens is 366 g/mol. The smallest absolute Gasteiger partial charge is 0.335 e. The highest BCUT2D eigenvalue weighted by Gasteiger charge is 2.08. The summed E-state index contributed by atoms with van der Waals surface area (Å²) in [4.78, 5) is 11.0. The third kappa shape index (κ3) is 5.02. The minimum absolute atomic E-state index is 0.174. The number of rotatable bonds is 7. The number of nitriles is 1. The van der Waals surface area contributed by atoms with Crippen molar-refractivity contribution in [2.24, 2.45) is 0 Å². The van der Waals surface area contributed by atoms with Crippen molar-refractivity contribution in [1.29, 1.82) is 5.26 Å². The van der Waals surface area contributed by atoms with Crippen molar-refractivity contribution in [3.8, 4) is 17.6 Å². The Kier molecular flexibility index (Phi) is 6.29. The van der Waals surface area contributed by atoms with Crippen molar-refractivity contribution < 1.29 is 19.4 Å². The van der Waals surface area contributed by atoms with Gasteiger partial charge in [0.05, 0.1) is 24.3 Å². The largest absolute Gasteiger partial charge is 0.493 e. The molecule has 0 heterocycles. The third-order valence-corrected chi connectivity index (χ3v) is 4.30. The first-order valence-electron chi connectivity index (χ1n) is 8.91. The highest BCUT2D eigenvalue weighted by atomic mass is 16.5. The summed E-state index contributed by atoms with van der Waals surface area (Å²) in [6, 6.07) is 23.6. The van der Waals surface area contributed by atoms with Crippen LogP contribution in [0.2, 0.25) is 0 Å². The second-order valence-electron chi connectivity index (χ2n) is 6.24. The van der Waals surface area contributed by atoms with Crippen molar-refractivity contribution in [3.05, 3.63) is 95.1 Å². The van der Waals surface area contributed by atoms with Gasteiger partial charge in [-0.3, -0.25) is 0 Å². The van der Waals surface area contributed by atoms with Crippen LogP contribution in [0.4, 0.5) is 0 Å². The van der Waals surface area contributed by atoms with E-state index in [1.54, 1.807) is 37.5 Å². The fraction of sp³-hybridized carbons (Fsp3) is 0.0833. The zero-order valence-electron chi connectivity index (χ0n) is 15.8. The van der Waals surface area contributed by atoms with Crippen LogP contribution >= 0.6 is 0 Å². The SMILES string of the molecule is COc1cc(/C=C(/C#N)c2ccc(C(=O)O)cc2)ccc1OCc1ccccc1. The lowest BCUT2D eigenvalue weighted by atomic mass is 10.0. The number of hydrogen-bond acceptors (Lipinski definition) is 4. The summed E-state index contributed by atoms with van der Waals surface area (Å²) in [5.41, 5.74) is 3.05. The maximum absolute atomic E-state index is 11.0. The van der Waals surface area contributed by atoms with E-state index in [2.05, 4.69) is 6.07 Å². The molecule has 0 aliphatic rings. The fourth-order valence-corrected chi connectivity index (χ4v) is 2.77. The minimum atomic E-state index is -1.00. The first-order chi connectivity index (χ1) is 14.1. The van der Waals surface area contributed by atoms with Crippen molar-refractivity contribution >= 4 is 17.6 Å². The number of methoxy groups -OCH3 is 1. The topological polar surface area (TPSA) is 79.5 Å². The van der Waals surface area contributed by atoms with Gasteiger partial charge in [-0.25, -0.2) is 4.79 Å². The normalized spacial score (nSPS) is 10.8. The van der Waals surface area contributed by atoms with E-state index < -0.39 is 5.97 Å². The number of hydrogen-bond donors (Lipinski definition) is 1. The van der Waals surface area contributed by atoms with Crippen molar-refractivity contribution in [2.45, 2.75) is 6.61 Å². The third-order valence-electron chi connectivity index (χ3n) is 4.30. The lowest BCUT2D eigenvalue weighted by molar-refractivity contribution is 0.0697. The van der Waals surface area contributed by atoms with Gasteiger partial charge in [-0.1, -0.05) is 48.5 Å². The van der Waals surface area contributed by atoms with Crippen LogP contribution in [0.5, 0.6) is 11.5 Å². The maximum Gasteiger partial charge on any atom is 0.335 e. The fourth-order valence-electron chi connectivity index (χ4n) is 2.77. The molecule has 3 aromatic rings. The molecule has 0 atom stereocenters. The number of aromatic carboxylic acids is 1. The Morgan fingerprint density at radius 2 is 1.69 bits per heavy atom. The zero-order chi connectivity index (χ0) is 20.6. The van der Waals surface area contributed by atoms with E-state index in [0.717, 1.165) is 11.1 Å². The number of carbonyl (C=O) groups is 1. The Balaban J connectivity index is 1.82. The lowest BCUT2D eigenvalue weighted by Crippen LogP contribution is -1.98. The first kappa shape index (κ1) is 19.7. The molecule has 0 aromatic heterocycles. The molecule has 0 radical (unpaired) electrons. The standard InChI is InChI=1S/C24H19NO4/c1-28-23-14-18(7-12-22(23)29-16-17-5-3-2-4-6-17)13-21(15-25)19-8-10-20(11-9-19)24(26)27/h2-14H,16H2,1H3,(H,26,27)/b21-13-. The number of carboxylic acids is 1. The molecule has 0 aliphatic carbocycles. The van der Waals surface area contributed by atoms with Crippen LogP contribution in [0, 0.1) is 11.3 Å². The second-order valence-corrected chi connectivity index (χ2v) is 6.24. The molecule has 0 saturated carbocycles. The van der Waals surface area contributed by atoms with Crippen molar-refractivity contribution in [1.82, 2.24) is 0 Å². The lowest BCUT2D eigenvalue weighted by Gasteiger charge is -2.11. The molecule has 0 amide bonds. The predicted octanol–water partition coefficient (Wildman–Crippen LogP) is 5.04. The summed E-state index contributed by atoms with van der Waals surface area (Å²) in [6.07, 6.45) is 1.72. The maximum atomic E-state index is 11.0. The van der Waals surface area contributed by atoms with Crippen LogP contribution in [-0.2, 0) is 6.61 Å². The predicted molar refractivity (Wildman–Crippen MR) is 111 cm³/mol. The summed E-state index contributed by atoms with van der Waals surface area (Å²) in [5.74, 6) is 0.167. The van der Waals surface area contributed by atoms with E-state index in [1.165, 1.54) is 12.1 Å². The van der Waals surface area contributed by atoms with Crippen molar-refractivity contribution in [2.75, 3.05) is 7.11 Å². The van der Waals surface area contributed by atoms with Gasteiger partial charge in [-0.05, 0) is 47.0 Å². The molecule has 5 nitrogen and oxygen atoms in total. The monoisotopic (exact) mass is 385 g/mol. The van der Waals surface area contributed by atoms with E-state index in [1.807, 2.05) is 36.4 Å². The van der Waals surface area contributed by atoms with E-state index in [9.17, 15) is 10.1 Å². The number of carboxylic acid groups (broad SMARTS) is 1.